The Hall–Kier alpha value is -3.10. The van der Waals surface area contributed by atoms with Crippen LogP contribution in [0.1, 0.15) is 16.7 Å². The van der Waals surface area contributed by atoms with Gasteiger partial charge < -0.3 is 5.32 Å². The first-order valence-electron chi connectivity index (χ1n) is 7.28. The number of rotatable bonds is 4. The Balaban J connectivity index is 1.96. The minimum Gasteiger partial charge on any atom is -0.380 e. The number of nitro groups is 1. The number of hydrogen-bond donors (Lipinski definition) is 2. The molecule has 3 aromatic rings. The number of fused-ring (bicyclic) bond motifs is 1. The molecule has 0 radical (unpaired) electrons. The van der Waals surface area contributed by atoms with Crippen molar-refractivity contribution < 1.29 is 18.1 Å². The van der Waals surface area contributed by atoms with Gasteiger partial charge in [0, 0.05) is 29.2 Å². The van der Waals surface area contributed by atoms with Crippen LogP contribution in [0.2, 0.25) is 0 Å². The molecular formula is C16H13F3N4O2. The van der Waals surface area contributed by atoms with E-state index in [0.29, 0.717) is 10.9 Å². The van der Waals surface area contributed by atoms with Crippen molar-refractivity contribution in [2.45, 2.75) is 19.6 Å². The summed E-state index contributed by atoms with van der Waals surface area (Å²) in [6.45, 7) is 1.74. The molecule has 0 saturated carbocycles. The molecule has 0 saturated heterocycles. The Morgan fingerprint density at radius 2 is 2.04 bits per heavy atom. The molecule has 0 fully saturated rings. The van der Waals surface area contributed by atoms with Crippen LogP contribution in [0.4, 0.5) is 24.5 Å². The van der Waals surface area contributed by atoms with Gasteiger partial charge in [0.2, 0.25) is 0 Å². The van der Waals surface area contributed by atoms with E-state index in [1.54, 1.807) is 19.1 Å². The maximum Gasteiger partial charge on any atom is 0.416 e. The number of anilines is 1. The first-order chi connectivity index (χ1) is 11.8. The van der Waals surface area contributed by atoms with Crippen molar-refractivity contribution in [3.8, 4) is 0 Å². The quantitative estimate of drug-likeness (QED) is 0.539. The lowest BCUT2D eigenvalue weighted by Crippen LogP contribution is -2.08. The number of nitrogens with one attached hydrogen (secondary N) is 2. The number of nitro benzene ring substituents is 1. The fourth-order valence-electron chi connectivity index (χ4n) is 2.54. The van der Waals surface area contributed by atoms with E-state index >= 15 is 0 Å². The minimum absolute atomic E-state index is 0.0121. The molecule has 6 nitrogen and oxygen atoms in total. The van der Waals surface area contributed by atoms with Gasteiger partial charge in [-0.05, 0) is 24.6 Å². The molecule has 0 amide bonds. The predicted octanol–water partition coefficient (Wildman–Crippen LogP) is 4.41. The van der Waals surface area contributed by atoms with Gasteiger partial charge in [0.05, 0.1) is 22.2 Å². The molecule has 9 heteroatoms. The zero-order valence-corrected chi connectivity index (χ0v) is 13.0. The van der Waals surface area contributed by atoms with Crippen molar-refractivity contribution in [2.24, 2.45) is 0 Å². The maximum absolute atomic E-state index is 13.0. The SMILES string of the molecule is Cc1ccc(CNc2cc(C(F)(F)F)cc3[nH]ncc23)c([N+](=O)[O-])c1. The van der Waals surface area contributed by atoms with Crippen LogP contribution >= 0.6 is 0 Å². The summed E-state index contributed by atoms with van der Waals surface area (Å²) >= 11 is 0. The molecule has 0 aliphatic heterocycles. The average molecular weight is 350 g/mol. The summed E-state index contributed by atoms with van der Waals surface area (Å²) in [7, 11) is 0. The normalized spacial score (nSPS) is 11.7. The van der Waals surface area contributed by atoms with E-state index in [2.05, 4.69) is 15.5 Å². The van der Waals surface area contributed by atoms with E-state index in [9.17, 15) is 23.3 Å². The second-order valence-corrected chi connectivity index (χ2v) is 5.60. The van der Waals surface area contributed by atoms with E-state index in [1.807, 2.05) is 0 Å². The second kappa shape index (κ2) is 6.08. The number of H-pyrrole nitrogens is 1. The molecule has 0 atom stereocenters. The number of aryl methyl sites for hydroxylation is 1. The van der Waals surface area contributed by atoms with Gasteiger partial charge in [0.15, 0.2) is 0 Å². The van der Waals surface area contributed by atoms with Crippen molar-refractivity contribution in [3.05, 3.63) is 63.3 Å². The summed E-state index contributed by atoms with van der Waals surface area (Å²) < 4.78 is 39.1. The van der Waals surface area contributed by atoms with Gasteiger partial charge in [-0.2, -0.15) is 18.3 Å². The van der Waals surface area contributed by atoms with Crippen molar-refractivity contribution in [2.75, 3.05) is 5.32 Å². The molecule has 0 unspecified atom stereocenters. The molecular weight excluding hydrogens is 337 g/mol. The zero-order valence-electron chi connectivity index (χ0n) is 13.0. The third-order valence-corrected chi connectivity index (χ3v) is 3.79. The molecule has 3 rings (SSSR count). The maximum atomic E-state index is 13.0. The third-order valence-electron chi connectivity index (χ3n) is 3.79. The Kier molecular flexibility index (Phi) is 4.07. The van der Waals surface area contributed by atoms with Crippen LogP contribution in [0.5, 0.6) is 0 Å². The Labute approximate surface area is 139 Å². The molecule has 2 aromatic carbocycles. The topological polar surface area (TPSA) is 83.8 Å². The van der Waals surface area contributed by atoms with Crippen molar-refractivity contribution in [1.29, 1.82) is 0 Å². The molecule has 0 aliphatic carbocycles. The van der Waals surface area contributed by atoms with Gasteiger partial charge in [-0.1, -0.05) is 12.1 Å². The lowest BCUT2D eigenvalue weighted by atomic mass is 10.1. The van der Waals surface area contributed by atoms with Gasteiger partial charge >= 0.3 is 6.18 Å². The Bertz CT molecular complexity index is 950. The minimum atomic E-state index is -4.51. The van der Waals surface area contributed by atoms with E-state index in [1.165, 1.54) is 12.3 Å². The molecule has 1 aromatic heterocycles. The van der Waals surface area contributed by atoms with Crippen molar-refractivity contribution in [1.82, 2.24) is 10.2 Å². The summed E-state index contributed by atoms with van der Waals surface area (Å²) in [5.41, 5.74) is 0.633. The molecule has 2 N–H and O–H groups in total. The fraction of sp³-hybridized carbons (Fsp3) is 0.188. The number of hydrogen-bond acceptors (Lipinski definition) is 4. The number of aromatic amines is 1. The van der Waals surface area contributed by atoms with Gasteiger partial charge in [-0.15, -0.1) is 0 Å². The second-order valence-electron chi connectivity index (χ2n) is 5.60. The van der Waals surface area contributed by atoms with Crippen LogP contribution in [-0.2, 0) is 12.7 Å². The largest absolute Gasteiger partial charge is 0.416 e. The first-order valence-corrected chi connectivity index (χ1v) is 7.28. The highest BCUT2D eigenvalue weighted by Gasteiger charge is 2.31. The summed E-state index contributed by atoms with van der Waals surface area (Å²) in [6.07, 6.45) is -3.10. The van der Waals surface area contributed by atoms with Gasteiger partial charge in [-0.25, -0.2) is 0 Å². The number of benzene rings is 2. The van der Waals surface area contributed by atoms with Gasteiger partial charge in [0.25, 0.3) is 5.69 Å². The molecule has 0 aliphatic rings. The molecule has 0 bridgehead atoms. The lowest BCUT2D eigenvalue weighted by molar-refractivity contribution is -0.385. The first kappa shape index (κ1) is 16.7. The van der Waals surface area contributed by atoms with Crippen LogP contribution in [0.25, 0.3) is 10.9 Å². The standard InChI is InChI=1S/C16H13F3N4O2/c1-9-2-3-10(15(4-9)23(24)25)7-20-13-5-11(16(17,18)19)6-14-12(13)8-21-22-14/h2-6,8,20H,7H2,1H3,(H,21,22). The summed E-state index contributed by atoms with van der Waals surface area (Å²) in [5, 5.41) is 20.7. The highest BCUT2D eigenvalue weighted by atomic mass is 19.4. The smallest absolute Gasteiger partial charge is 0.380 e. The zero-order chi connectivity index (χ0) is 18.2. The molecule has 130 valence electrons. The highest BCUT2D eigenvalue weighted by molar-refractivity contribution is 5.91. The van der Waals surface area contributed by atoms with Crippen LogP contribution in [0, 0.1) is 17.0 Å². The van der Waals surface area contributed by atoms with Crippen LogP contribution in [-0.4, -0.2) is 15.1 Å². The predicted molar refractivity (Wildman–Crippen MR) is 86.3 cm³/mol. The summed E-state index contributed by atoms with van der Waals surface area (Å²) in [6, 6.07) is 6.67. The van der Waals surface area contributed by atoms with E-state index in [-0.39, 0.29) is 23.4 Å². The van der Waals surface area contributed by atoms with Crippen LogP contribution in [0.15, 0.2) is 36.5 Å². The van der Waals surface area contributed by atoms with Crippen molar-refractivity contribution in [3.63, 3.8) is 0 Å². The van der Waals surface area contributed by atoms with E-state index in [0.717, 1.165) is 17.7 Å². The van der Waals surface area contributed by atoms with Crippen LogP contribution < -0.4 is 5.32 Å². The summed E-state index contributed by atoms with van der Waals surface area (Å²) in [5.74, 6) is 0. The van der Waals surface area contributed by atoms with E-state index < -0.39 is 16.7 Å². The highest BCUT2D eigenvalue weighted by Crippen LogP contribution is 2.35. The molecule has 1 heterocycles. The number of alkyl halides is 3. The molecule has 25 heavy (non-hydrogen) atoms. The van der Waals surface area contributed by atoms with Gasteiger partial charge in [0.1, 0.15) is 0 Å². The Morgan fingerprint density at radius 3 is 2.72 bits per heavy atom. The van der Waals surface area contributed by atoms with Crippen LogP contribution in [0.3, 0.4) is 0 Å². The fourth-order valence-corrected chi connectivity index (χ4v) is 2.54. The van der Waals surface area contributed by atoms with E-state index in [4.69, 9.17) is 0 Å². The number of halogens is 3. The lowest BCUT2D eigenvalue weighted by Gasteiger charge is -2.12. The van der Waals surface area contributed by atoms with Crippen molar-refractivity contribution >= 4 is 22.3 Å². The summed E-state index contributed by atoms with van der Waals surface area (Å²) in [4.78, 5) is 10.6. The number of nitrogens with zero attached hydrogens (tertiary/aromatic N) is 2. The number of aromatic nitrogens is 2. The third kappa shape index (κ3) is 3.39. The Morgan fingerprint density at radius 1 is 1.28 bits per heavy atom. The molecule has 0 spiro atoms. The monoisotopic (exact) mass is 350 g/mol. The average Bonchev–Trinajstić information content (AvgIpc) is 3.01. The van der Waals surface area contributed by atoms with Gasteiger partial charge in [-0.3, -0.25) is 15.2 Å².